The monoisotopic (exact) mass is 559 g/mol. The normalized spacial score (nSPS) is 29.5. The van der Waals surface area contributed by atoms with Gasteiger partial charge in [0.05, 0.1) is 25.0 Å². The summed E-state index contributed by atoms with van der Waals surface area (Å²) in [5, 5.41) is 6.16. The van der Waals surface area contributed by atoms with Gasteiger partial charge in [0, 0.05) is 18.3 Å². The Morgan fingerprint density at radius 2 is 1.80 bits per heavy atom. The lowest BCUT2D eigenvalue weighted by molar-refractivity contribution is -0.142. The number of amides is 3. The van der Waals surface area contributed by atoms with Crippen LogP contribution in [0.2, 0.25) is 0 Å². The van der Waals surface area contributed by atoms with Gasteiger partial charge in [-0.1, -0.05) is 37.5 Å². The van der Waals surface area contributed by atoms with Crippen LogP contribution in [0.4, 0.5) is 5.69 Å². The van der Waals surface area contributed by atoms with Crippen LogP contribution in [-0.2, 0) is 25.7 Å². The van der Waals surface area contributed by atoms with E-state index >= 15 is 0 Å². The molecule has 3 fully saturated rings. The van der Waals surface area contributed by atoms with Crippen molar-refractivity contribution in [2.24, 2.45) is 11.8 Å². The number of fused-ring (bicyclic) bond motifs is 2. The van der Waals surface area contributed by atoms with Crippen LogP contribution in [-0.4, -0.2) is 60.3 Å². The number of methoxy groups -OCH3 is 1. The fraction of sp³-hybridized carbons (Fsp3) is 0.452. The van der Waals surface area contributed by atoms with Crippen molar-refractivity contribution in [1.29, 1.82) is 0 Å². The van der Waals surface area contributed by atoms with E-state index in [1.54, 1.807) is 36.3 Å². The maximum Gasteiger partial charge on any atom is 0.246 e. The molecule has 7 rings (SSSR count). The predicted octanol–water partition coefficient (Wildman–Crippen LogP) is 3.16. The van der Waals surface area contributed by atoms with E-state index in [2.05, 4.69) is 10.6 Å². The van der Waals surface area contributed by atoms with Crippen LogP contribution in [0.5, 0.6) is 17.2 Å². The van der Waals surface area contributed by atoms with E-state index in [1.807, 2.05) is 30.4 Å². The average Bonchev–Trinajstić information content (AvgIpc) is 3.75. The lowest BCUT2D eigenvalue weighted by Crippen LogP contribution is -2.56. The van der Waals surface area contributed by atoms with Gasteiger partial charge in [0.2, 0.25) is 24.5 Å². The molecule has 10 nitrogen and oxygen atoms in total. The molecule has 4 heterocycles. The highest BCUT2D eigenvalue weighted by Crippen LogP contribution is 2.55. The molecule has 2 aromatic rings. The summed E-state index contributed by atoms with van der Waals surface area (Å²) in [4.78, 5) is 43.5. The molecule has 0 unspecified atom stereocenters. The molecule has 3 amide bonds. The van der Waals surface area contributed by atoms with E-state index in [1.165, 1.54) is 0 Å². The Balaban J connectivity index is 1.20. The number of hydrogen-bond donors (Lipinski definition) is 2. The third-order valence-corrected chi connectivity index (χ3v) is 9.02. The van der Waals surface area contributed by atoms with Crippen molar-refractivity contribution in [2.75, 3.05) is 19.2 Å². The van der Waals surface area contributed by atoms with Gasteiger partial charge in [0.1, 0.15) is 17.4 Å². The number of likely N-dealkylation sites (tertiary alicyclic amines) is 1. The first-order valence-electron chi connectivity index (χ1n) is 14.3. The summed E-state index contributed by atoms with van der Waals surface area (Å²) in [6, 6.07) is 11.7. The van der Waals surface area contributed by atoms with Crippen molar-refractivity contribution < 1.29 is 33.3 Å². The average molecular weight is 560 g/mol. The molecule has 1 saturated carbocycles. The Hall–Kier alpha value is -4.05. The lowest BCUT2D eigenvalue weighted by atomic mass is 9.74. The Bertz CT molecular complexity index is 1400. The molecular weight excluding hydrogens is 526 g/mol. The molecule has 2 bridgehead atoms. The molecule has 0 aromatic heterocycles. The van der Waals surface area contributed by atoms with Crippen LogP contribution in [0.3, 0.4) is 0 Å². The zero-order chi connectivity index (χ0) is 28.1. The van der Waals surface area contributed by atoms with Gasteiger partial charge in [0.25, 0.3) is 0 Å². The summed E-state index contributed by atoms with van der Waals surface area (Å²) in [6.45, 7) is 0.315. The molecule has 10 heteroatoms. The fourth-order valence-electron chi connectivity index (χ4n) is 7.10. The van der Waals surface area contributed by atoms with Crippen LogP contribution >= 0.6 is 0 Å². The van der Waals surface area contributed by atoms with E-state index in [4.69, 9.17) is 18.9 Å². The summed E-state index contributed by atoms with van der Waals surface area (Å²) in [5.41, 5.74) is 0.164. The summed E-state index contributed by atoms with van der Waals surface area (Å²) in [6.07, 6.45) is 8.18. The van der Waals surface area contributed by atoms with Crippen LogP contribution in [0, 0.1) is 11.8 Å². The molecule has 2 N–H and O–H groups in total. The van der Waals surface area contributed by atoms with Crippen molar-refractivity contribution in [3.63, 3.8) is 0 Å². The fourth-order valence-corrected chi connectivity index (χ4v) is 7.10. The predicted molar refractivity (Wildman–Crippen MR) is 147 cm³/mol. The highest BCUT2D eigenvalue weighted by molar-refractivity contribution is 6.02. The number of rotatable bonds is 7. The largest absolute Gasteiger partial charge is 0.497 e. The minimum Gasteiger partial charge on any atom is -0.497 e. The number of nitrogens with one attached hydrogen (secondary N) is 2. The van der Waals surface area contributed by atoms with E-state index in [0.717, 1.165) is 37.7 Å². The zero-order valence-corrected chi connectivity index (χ0v) is 22.8. The first-order valence-corrected chi connectivity index (χ1v) is 14.3. The maximum absolute atomic E-state index is 14.2. The second-order valence-corrected chi connectivity index (χ2v) is 11.4. The SMILES string of the molecule is COc1ccc(NC(=O)[C@@H]2[C@@H]3C=C[C@]4(O3)[C@@H]2C(=O)N(Cc2ccc3c(c2)OCO3)[C@H]4C(=O)NC2CCCCC2)cc1. The standard InChI is InChI=1S/C31H33N3O7/c1-38-21-10-8-20(9-11-21)32-28(35)25-23-13-14-31(41-23)26(25)30(37)34(16-18-7-12-22-24(15-18)40-17-39-22)27(31)29(36)33-19-5-3-2-4-6-19/h7-15,19,23,25-27H,2-6,16-17H2,1H3,(H,32,35)(H,33,36)/t23-,25+,26-,27-,31-/m0/s1. The highest BCUT2D eigenvalue weighted by atomic mass is 16.7. The summed E-state index contributed by atoms with van der Waals surface area (Å²) < 4.78 is 22.7. The quantitative estimate of drug-likeness (QED) is 0.501. The minimum absolute atomic E-state index is 0.0611. The van der Waals surface area contributed by atoms with Gasteiger partial charge in [0.15, 0.2) is 11.5 Å². The molecule has 2 aromatic carbocycles. The number of benzene rings is 2. The van der Waals surface area contributed by atoms with Gasteiger partial charge < -0.3 is 34.5 Å². The molecule has 214 valence electrons. The van der Waals surface area contributed by atoms with Gasteiger partial charge in [-0.15, -0.1) is 0 Å². The molecule has 1 spiro atoms. The molecule has 41 heavy (non-hydrogen) atoms. The van der Waals surface area contributed by atoms with Gasteiger partial charge in [-0.05, 0) is 54.8 Å². The molecule has 4 aliphatic heterocycles. The lowest BCUT2D eigenvalue weighted by Gasteiger charge is -2.34. The van der Waals surface area contributed by atoms with Crippen molar-refractivity contribution >= 4 is 23.4 Å². The number of anilines is 1. The second-order valence-electron chi connectivity index (χ2n) is 11.4. The van der Waals surface area contributed by atoms with Crippen molar-refractivity contribution in [2.45, 2.75) is 62.4 Å². The van der Waals surface area contributed by atoms with Gasteiger partial charge in [-0.3, -0.25) is 14.4 Å². The molecule has 0 radical (unpaired) electrons. The Morgan fingerprint density at radius 3 is 2.59 bits per heavy atom. The Kier molecular flexibility index (Phi) is 6.37. The van der Waals surface area contributed by atoms with Crippen molar-refractivity contribution in [3.05, 3.63) is 60.2 Å². The van der Waals surface area contributed by atoms with Crippen LogP contribution in [0.25, 0.3) is 0 Å². The third kappa shape index (κ3) is 4.32. The number of ether oxygens (including phenoxy) is 4. The van der Waals surface area contributed by atoms with Crippen LogP contribution in [0.1, 0.15) is 37.7 Å². The first kappa shape index (κ1) is 25.9. The highest BCUT2D eigenvalue weighted by Gasteiger charge is 2.72. The van der Waals surface area contributed by atoms with E-state index < -0.39 is 29.6 Å². The summed E-state index contributed by atoms with van der Waals surface area (Å²) in [7, 11) is 1.58. The van der Waals surface area contributed by atoms with E-state index in [-0.39, 0.29) is 37.1 Å². The number of carbonyl (C=O) groups is 3. The number of hydrogen-bond acceptors (Lipinski definition) is 7. The second kappa shape index (κ2) is 10.1. The zero-order valence-electron chi connectivity index (χ0n) is 22.8. The maximum atomic E-state index is 14.2. The summed E-state index contributed by atoms with van der Waals surface area (Å²) >= 11 is 0. The molecule has 5 aliphatic rings. The molecular formula is C31H33N3O7. The minimum atomic E-state index is -1.22. The molecule has 1 aliphatic carbocycles. The summed E-state index contributed by atoms with van der Waals surface area (Å²) in [5.74, 6) is -0.518. The smallest absolute Gasteiger partial charge is 0.246 e. The number of carbonyl (C=O) groups excluding carboxylic acids is 3. The third-order valence-electron chi connectivity index (χ3n) is 9.02. The first-order chi connectivity index (χ1) is 20.0. The van der Waals surface area contributed by atoms with Crippen molar-refractivity contribution in [3.8, 4) is 17.2 Å². The van der Waals surface area contributed by atoms with Crippen LogP contribution in [0.15, 0.2) is 54.6 Å². The molecule has 5 atom stereocenters. The van der Waals surface area contributed by atoms with Gasteiger partial charge in [-0.25, -0.2) is 0 Å². The number of nitrogens with zero attached hydrogens (tertiary/aromatic N) is 1. The van der Waals surface area contributed by atoms with Gasteiger partial charge >= 0.3 is 0 Å². The van der Waals surface area contributed by atoms with E-state index in [9.17, 15) is 14.4 Å². The van der Waals surface area contributed by atoms with Crippen LogP contribution < -0.4 is 24.8 Å². The Morgan fingerprint density at radius 1 is 1.02 bits per heavy atom. The van der Waals surface area contributed by atoms with E-state index in [0.29, 0.717) is 22.9 Å². The van der Waals surface area contributed by atoms with Gasteiger partial charge in [-0.2, -0.15) is 0 Å². The molecule has 2 saturated heterocycles. The van der Waals surface area contributed by atoms with Crippen molar-refractivity contribution in [1.82, 2.24) is 10.2 Å². The Labute approximate surface area is 238 Å². The topological polar surface area (TPSA) is 115 Å².